The Balaban J connectivity index is 1.60. The molecular formula is C19H26N4O3. The molecule has 0 aliphatic carbocycles. The molecule has 1 aromatic heterocycles. The van der Waals surface area contributed by atoms with Crippen LogP contribution in [0.25, 0.3) is 10.9 Å². The number of para-hydroxylation sites is 1. The van der Waals surface area contributed by atoms with Crippen molar-refractivity contribution in [3.05, 3.63) is 45.1 Å². The van der Waals surface area contributed by atoms with Gasteiger partial charge >= 0.3 is 5.69 Å². The van der Waals surface area contributed by atoms with Crippen molar-refractivity contribution < 1.29 is 4.79 Å². The van der Waals surface area contributed by atoms with E-state index in [0.29, 0.717) is 10.9 Å². The normalized spacial score (nSPS) is 16.0. The van der Waals surface area contributed by atoms with Gasteiger partial charge in [0.1, 0.15) is 0 Å². The SMILES string of the molecule is CCCN1CCC(NC(=O)CCn2c(=O)[nH]c(=O)c3ccccc32)CC1. The molecule has 1 fully saturated rings. The number of carbonyl (C=O) groups excluding carboxylic acids is 1. The quantitative estimate of drug-likeness (QED) is 0.809. The van der Waals surface area contributed by atoms with Gasteiger partial charge in [0, 0.05) is 32.1 Å². The van der Waals surface area contributed by atoms with Crippen molar-refractivity contribution in [1.82, 2.24) is 19.8 Å². The van der Waals surface area contributed by atoms with E-state index in [-0.39, 0.29) is 24.9 Å². The molecule has 2 aromatic rings. The monoisotopic (exact) mass is 358 g/mol. The Hall–Kier alpha value is -2.41. The first-order valence-electron chi connectivity index (χ1n) is 9.32. The minimum absolute atomic E-state index is 0.0545. The molecule has 0 radical (unpaired) electrons. The van der Waals surface area contributed by atoms with E-state index < -0.39 is 11.2 Å². The summed E-state index contributed by atoms with van der Waals surface area (Å²) in [6, 6.07) is 7.15. The lowest BCUT2D eigenvalue weighted by molar-refractivity contribution is -0.122. The summed E-state index contributed by atoms with van der Waals surface area (Å²) in [5, 5.41) is 3.53. The summed E-state index contributed by atoms with van der Waals surface area (Å²) in [5.74, 6) is -0.0545. The molecular weight excluding hydrogens is 332 g/mol. The van der Waals surface area contributed by atoms with E-state index in [4.69, 9.17) is 0 Å². The number of hydrogen-bond donors (Lipinski definition) is 2. The molecule has 7 heteroatoms. The number of carbonyl (C=O) groups is 1. The third-order valence-electron chi connectivity index (χ3n) is 4.96. The maximum atomic E-state index is 12.3. The van der Waals surface area contributed by atoms with Crippen LogP contribution in [0.3, 0.4) is 0 Å². The largest absolute Gasteiger partial charge is 0.353 e. The lowest BCUT2D eigenvalue weighted by atomic mass is 10.0. The summed E-state index contributed by atoms with van der Waals surface area (Å²) in [5.41, 5.74) is -0.318. The number of nitrogens with zero attached hydrogens (tertiary/aromatic N) is 2. The number of hydrogen-bond acceptors (Lipinski definition) is 4. The van der Waals surface area contributed by atoms with Crippen LogP contribution in [0.2, 0.25) is 0 Å². The van der Waals surface area contributed by atoms with Gasteiger partial charge in [-0.2, -0.15) is 0 Å². The van der Waals surface area contributed by atoms with Crippen LogP contribution >= 0.6 is 0 Å². The van der Waals surface area contributed by atoms with E-state index in [2.05, 4.69) is 22.1 Å². The Morgan fingerprint density at radius 1 is 1.19 bits per heavy atom. The Labute approximate surface area is 152 Å². The van der Waals surface area contributed by atoms with Gasteiger partial charge in [0.25, 0.3) is 5.56 Å². The first-order chi connectivity index (χ1) is 12.6. The first-order valence-corrected chi connectivity index (χ1v) is 9.32. The summed E-state index contributed by atoms with van der Waals surface area (Å²) in [7, 11) is 0. The topological polar surface area (TPSA) is 87.2 Å². The van der Waals surface area contributed by atoms with Gasteiger partial charge < -0.3 is 10.2 Å². The Bertz CT molecular complexity index is 878. The highest BCUT2D eigenvalue weighted by Gasteiger charge is 2.20. The van der Waals surface area contributed by atoms with Gasteiger partial charge in [-0.05, 0) is 37.9 Å². The highest BCUT2D eigenvalue weighted by molar-refractivity contribution is 5.79. The van der Waals surface area contributed by atoms with Gasteiger partial charge in [0.05, 0.1) is 10.9 Å². The highest BCUT2D eigenvalue weighted by atomic mass is 16.2. The number of aromatic amines is 1. The zero-order valence-corrected chi connectivity index (χ0v) is 15.2. The van der Waals surface area contributed by atoms with Crippen molar-refractivity contribution in [3.8, 4) is 0 Å². The predicted molar refractivity (Wildman–Crippen MR) is 101 cm³/mol. The minimum atomic E-state index is -0.477. The highest BCUT2D eigenvalue weighted by Crippen LogP contribution is 2.11. The van der Waals surface area contributed by atoms with Crippen molar-refractivity contribution in [3.63, 3.8) is 0 Å². The Kier molecular flexibility index (Phi) is 5.88. The average molecular weight is 358 g/mol. The van der Waals surface area contributed by atoms with Gasteiger partial charge in [0.2, 0.25) is 5.91 Å². The van der Waals surface area contributed by atoms with E-state index in [9.17, 15) is 14.4 Å². The number of amides is 1. The number of benzene rings is 1. The van der Waals surface area contributed by atoms with Crippen molar-refractivity contribution in [1.29, 1.82) is 0 Å². The number of fused-ring (bicyclic) bond motifs is 1. The standard InChI is InChI=1S/C19H26N4O3/c1-2-10-22-11-7-14(8-12-22)20-17(24)9-13-23-16-6-4-3-5-15(16)18(25)21-19(23)26/h3-6,14H,2,7-13H2,1H3,(H,20,24)(H,21,25,26). The molecule has 1 aliphatic heterocycles. The van der Waals surface area contributed by atoms with E-state index in [1.807, 2.05) is 0 Å². The maximum Gasteiger partial charge on any atom is 0.328 e. The third kappa shape index (κ3) is 4.22. The van der Waals surface area contributed by atoms with Gasteiger partial charge in [-0.1, -0.05) is 19.1 Å². The van der Waals surface area contributed by atoms with E-state index in [1.54, 1.807) is 24.3 Å². The second-order valence-electron chi connectivity index (χ2n) is 6.86. The molecule has 0 atom stereocenters. The van der Waals surface area contributed by atoms with Crippen LogP contribution in [-0.2, 0) is 11.3 Å². The van der Waals surface area contributed by atoms with Gasteiger partial charge in [-0.15, -0.1) is 0 Å². The fraction of sp³-hybridized carbons (Fsp3) is 0.526. The summed E-state index contributed by atoms with van der Waals surface area (Å²) >= 11 is 0. The summed E-state index contributed by atoms with van der Waals surface area (Å²) in [6.07, 6.45) is 3.30. The molecule has 0 bridgehead atoms. The minimum Gasteiger partial charge on any atom is -0.353 e. The van der Waals surface area contributed by atoms with Crippen molar-refractivity contribution in [2.24, 2.45) is 0 Å². The first kappa shape index (κ1) is 18.4. The van der Waals surface area contributed by atoms with Crippen LogP contribution in [-0.4, -0.2) is 46.0 Å². The Morgan fingerprint density at radius 2 is 1.92 bits per heavy atom. The van der Waals surface area contributed by atoms with Crippen molar-refractivity contribution in [2.75, 3.05) is 19.6 Å². The molecule has 0 saturated carbocycles. The zero-order chi connectivity index (χ0) is 18.5. The fourth-order valence-corrected chi connectivity index (χ4v) is 3.59. The molecule has 3 rings (SSSR count). The molecule has 0 unspecified atom stereocenters. The smallest absolute Gasteiger partial charge is 0.328 e. The lowest BCUT2D eigenvalue weighted by Crippen LogP contribution is -2.45. The van der Waals surface area contributed by atoms with Crippen LogP contribution in [0.1, 0.15) is 32.6 Å². The maximum absolute atomic E-state index is 12.3. The summed E-state index contributed by atoms with van der Waals surface area (Å²) in [4.78, 5) is 41.0. The molecule has 1 aliphatic rings. The predicted octanol–water partition coefficient (Wildman–Crippen LogP) is 1.07. The Morgan fingerprint density at radius 3 is 2.65 bits per heavy atom. The third-order valence-corrected chi connectivity index (χ3v) is 4.96. The number of aryl methyl sites for hydroxylation is 1. The summed E-state index contributed by atoms with van der Waals surface area (Å²) in [6.45, 7) is 5.57. The molecule has 2 heterocycles. The number of rotatable bonds is 6. The van der Waals surface area contributed by atoms with Gasteiger partial charge in [-0.25, -0.2) is 4.79 Å². The molecule has 7 nitrogen and oxygen atoms in total. The lowest BCUT2D eigenvalue weighted by Gasteiger charge is -2.32. The van der Waals surface area contributed by atoms with Crippen LogP contribution in [0, 0.1) is 0 Å². The van der Waals surface area contributed by atoms with E-state index in [0.717, 1.165) is 38.9 Å². The van der Waals surface area contributed by atoms with Crippen molar-refractivity contribution in [2.45, 2.75) is 45.2 Å². The van der Waals surface area contributed by atoms with E-state index >= 15 is 0 Å². The second-order valence-corrected chi connectivity index (χ2v) is 6.86. The van der Waals surface area contributed by atoms with Crippen LogP contribution in [0.5, 0.6) is 0 Å². The molecule has 2 N–H and O–H groups in total. The molecule has 0 spiro atoms. The molecule has 26 heavy (non-hydrogen) atoms. The zero-order valence-electron chi connectivity index (χ0n) is 15.2. The number of H-pyrrole nitrogens is 1. The number of likely N-dealkylation sites (tertiary alicyclic amines) is 1. The summed E-state index contributed by atoms with van der Waals surface area (Å²) < 4.78 is 1.46. The fourth-order valence-electron chi connectivity index (χ4n) is 3.59. The van der Waals surface area contributed by atoms with Gasteiger partial charge in [0.15, 0.2) is 0 Å². The van der Waals surface area contributed by atoms with Crippen molar-refractivity contribution >= 4 is 16.8 Å². The van der Waals surface area contributed by atoms with Crippen LogP contribution in [0.4, 0.5) is 0 Å². The number of aromatic nitrogens is 2. The average Bonchev–Trinajstić information content (AvgIpc) is 2.63. The molecule has 140 valence electrons. The van der Waals surface area contributed by atoms with Gasteiger partial charge in [-0.3, -0.25) is 19.1 Å². The molecule has 1 aromatic carbocycles. The number of piperidine rings is 1. The molecule has 1 saturated heterocycles. The second kappa shape index (κ2) is 8.31. The van der Waals surface area contributed by atoms with E-state index in [1.165, 1.54) is 4.57 Å². The van der Waals surface area contributed by atoms with Crippen LogP contribution in [0.15, 0.2) is 33.9 Å². The van der Waals surface area contributed by atoms with Crippen LogP contribution < -0.4 is 16.6 Å². The molecule has 1 amide bonds. The number of nitrogens with one attached hydrogen (secondary N) is 2.